The van der Waals surface area contributed by atoms with Crippen LogP contribution in [0.15, 0.2) is 18.2 Å². The third-order valence-electron chi connectivity index (χ3n) is 3.59. The van der Waals surface area contributed by atoms with E-state index in [2.05, 4.69) is 5.32 Å². The lowest BCUT2D eigenvalue weighted by Gasteiger charge is -2.18. The molecule has 0 aliphatic carbocycles. The number of carboxylic acid groups (broad SMARTS) is 1. The minimum Gasteiger partial charge on any atom is -0.478 e. The van der Waals surface area contributed by atoms with Crippen molar-refractivity contribution in [3.05, 3.63) is 29.3 Å². The number of aromatic carboxylic acids is 1. The Bertz CT molecular complexity index is 580. The van der Waals surface area contributed by atoms with Crippen LogP contribution in [-0.2, 0) is 9.59 Å². The number of hydrogen-bond donors (Lipinski definition) is 2. The number of rotatable bonds is 8. The van der Waals surface area contributed by atoms with E-state index >= 15 is 0 Å². The smallest absolute Gasteiger partial charge is 0.337 e. The standard InChI is InChI=1S/C17H24N2O4/c1-4-19(5-2)16(21)8-6-7-15(20)18-14-10-9-12(3)11-13(14)17(22)23/h9-11H,4-8H2,1-3H3,(H,18,20)(H,22,23). The van der Waals surface area contributed by atoms with Crippen LogP contribution >= 0.6 is 0 Å². The summed E-state index contributed by atoms with van der Waals surface area (Å²) in [5.74, 6) is -1.34. The van der Waals surface area contributed by atoms with Gasteiger partial charge in [-0.1, -0.05) is 11.6 Å². The van der Waals surface area contributed by atoms with Crippen molar-refractivity contribution in [1.29, 1.82) is 0 Å². The first-order chi connectivity index (χ1) is 10.9. The molecule has 2 N–H and O–H groups in total. The van der Waals surface area contributed by atoms with Crippen LogP contribution in [0, 0.1) is 6.92 Å². The van der Waals surface area contributed by atoms with E-state index in [1.54, 1.807) is 24.0 Å². The number of nitrogens with zero attached hydrogens (tertiary/aromatic N) is 1. The summed E-state index contributed by atoms with van der Waals surface area (Å²) in [6, 6.07) is 4.84. The van der Waals surface area contributed by atoms with Crippen molar-refractivity contribution in [3.63, 3.8) is 0 Å². The first-order valence-electron chi connectivity index (χ1n) is 7.80. The van der Waals surface area contributed by atoms with Crippen LogP contribution in [0.25, 0.3) is 0 Å². The van der Waals surface area contributed by atoms with E-state index in [0.717, 1.165) is 5.56 Å². The van der Waals surface area contributed by atoms with Gasteiger partial charge in [-0.25, -0.2) is 4.79 Å². The number of hydrogen-bond acceptors (Lipinski definition) is 3. The number of aryl methyl sites for hydroxylation is 1. The fraction of sp³-hybridized carbons (Fsp3) is 0.471. The highest BCUT2D eigenvalue weighted by molar-refractivity contribution is 6.00. The van der Waals surface area contributed by atoms with Crippen LogP contribution in [0.1, 0.15) is 49.0 Å². The highest BCUT2D eigenvalue weighted by Gasteiger charge is 2.14. The van der Waals surface area contributed by atoms with Crippen molar-refractivity contribution >= 4 is 23.5 Å². The van der Waals surface area contributed by atoms with Crippen molar-refractivity contribution in [2.75, 3.05) is 18.4 Å². The van der Waals surface area contributed by atoms with Crippen LogP contribution in [0.2, 0.25) is 0 Å². The third-order valence-corrected chi connectivity index (χ3v) is 3.59. The van der Waals surface area contributed by atoms with E-state index in [4.69, 9.17) is 5.11 Å². The maximum atomic E-state index is 11.9. The van der Waals surface area contributed by atoms with E-state index in [1.165, 1.54) is 6.07 Å². The molecular formula is C17H24N2O4. The van der Waals surface area contributed by atoms with E-state index < -0.39 is 5.97 Å². The van der Waals surface area contributed by atoms with E-state index in [0.29, 0.717) is 25.9 Å². The molecular weight excluding hydrogens is 296 g/mol. The fourth-order valence-electron chi connectivity index (χ4n) is 2.29. The number of anilines is 1. The quantitative estimate of drug-likeness (QED) is 0.771. The van der Waals surface area contributed by atoms with Crippen molar-refractivity contribution < 1.29 is 19.5 Å². The molecule has 2 amide bonds. The van der Waals surface area contributed by atoms with Crippen molar-refractivity contribution in [1.82, 2.24) is 4.90 Å². The lowest BCUT2D eigenvalue weighted by atomic mass is 10.1. The molecule has 0 spiro atoms. The normalized spacial score (nSPS) is 10.2. The van der Waals surface area contributed by atoms with E-state index in [1.807, 2.05) is 13.8 Å². The molecule has 0 aliphatic heterocycles. The molecule has 0 bridgehead atoms. The summed E-state index contributed by atoms with van der Waals surface area (Å²) in [6.07, 6.45) is 0.935. The molecule has 0 atom stereocenters. The fourth-order valence-corrected chi connectivity index (χ4v) is 2.29. The molecule has 1 aromatic rings. The molecule has 0 aliphatic rings. The predicted molar refractivity (Wildman–Crippen MR) is 88.5 cm³/mol. The Kier molecular flexibility index (Phi) is 7.25. The summed E-state index contributed by atoms with van der Waals surface area (Å²) in [7, 11) is 0. The van der Waals surface area contributed by atoms with Gasteiger partial charge in [0.15, 0.2) is 0 Å². The topological polar surface area (TPSA) is 86.7 Å². The van der Waals surface area contributed by atoms with Crippen molar-refractivity contribution in [3.8, 4) is 0 Å². The van der Waals surface area contributed by atoms with Gasteiger partial charge in [0.05, 0.1) is 11.3 Å². The van der Waals surface area contributed by atoms with Crippen LogP contribution < -0.4 is 5.32 Å². The lowest BCUT2D eigenvalue weighted by Crippen LogP contribution is -2.30. The Morgan fingerprint density at radius 2 is 1.78 bits per heavy atom. The highest BCUT2D eigenvalue weighted by Crippen LogP contribution is 2.18. The predicted octanol–water partition coefficient (Wildman–Crippen LogP) is 2.67. The van der Waals surface area contributed by atoms with Gasteiger partial charge in [0, 0.05) is 25.9 Å². The van der Waals surface area contributed by atoms with Crippen molar-refractivity contribution in [2.24, 2.45) is 0 Å². The third kappa shape index (κ3) is 5.73. The minimum absolute atomic E-state index is 0.0318. The van der Waals surface area contributed by atoms with Gasteiger partial charge in [0.2, 0.25) is 11.8 Å². The Morgan fingerprint density at radius 3 is 2.35 bits per heavy atom. The summed E-state index contributed by atoms with van der Waals surface area (Å²) < 4.78 is 0. The Hall–Kier alpha value is -2.37. The summed E-state index contributed by atoms with van der Waals surface area (Å²) in [6.45, 7) is 6.94. The van der Waals surface area contributed by atoms with Gasteiger partial charge in [-0.15, -0.1) is 0 Å². The summed E-state index contributed by atoms with van der Waals surface area (Å²) in [4.78, 5) is 36.7. The van der Waals surface area contributed by atoms with Gasteiger partial charge in [-0.3, -0.25) is 9.59 Å². The first-order valence-corrected chi connectivity index (χ1v) is 7.80. The molecule has 0 aromatic heterocycles. The second kappa shape index (κ2) is 8.92. The van der Waals surface area contributed by atoms with E-state index in [-0.39, 0.29) is 29.5 Å². The first kappa shape index (κ1) is 18.7. The largest absolute Gasteiger partial charge is 0.478 e. The molecule has 6 heteroatoms. The maximum Gasteiger partial charge on any atom is 0.337 e. The zero-order chi connectivity index (χ0) is 17.4. The zero-order valence-corrected chi connectivity index (χ0v) is 13.9. The molecule has 23 heavy (non-hydrogen) atoms. The average Bonchev–Trinajstić information content (AvgIpc) is 2.50. The number of carbonyl (C=O) groups excluding carboxylic acids is 2. The highest BCUT2D eigenvalue weighted by atomic mass is 16.4. The lowest BCUT2D eigenvalue weighted by molar-refractivity contribution is -0.131. The minimum atomic E-state index is -1.08. The molecule has 0 fully saturated rings. The van der Waals surface area contributed by atoms with Gasteiger partial charge in [0.1, 0.15) is 0 Å². The zero-order valence-electron chi connectivity index (χ0n) is 13.9. The van der Waals surface area contributed by atoms with Crippen LogP contribution in [0.4, 0.5) is 5.69 Å². The Labute approximate surface area is 136 Å². The maximum absolute atomic E-state index is 11.9. The molecule has 0 saturated heterocycles. The molecule has 0 saturated carbocycles. The Morgan fingerprint density at radius 1 is 1.13 bits per heavy atom. The Balaban J connectivity index is 2.55. The molecule has 6 nitrogen and oxygen atoms in total. The number of nitrogens with one attached hydrogen (secondary N) is 1. The van der Waals surface area contributed by atoms with Gasteiger partial charge in [-0.2, -0.15) is 0 Å². The number of amides is 2. The second-order valence-corrected chi connectivity index (χ2v) is 5.32. The summed E-state index contributed by atoms with van der Waals surface area (Å²) in [5.41, 5.74) is 1.16. The summed E-state index contributed by atoms with van der Waals surface area (Å²) in [5, 5.41) is 11.8. The molecule has 1 aromatic carbocycles. The van der Waals surface area contributed by atoms with Crippen molar-refractivity contribution in [2.45, 2.75) is 40.0 Å². The number of benzene rings is 1. The van der Waals surface area contributed by atoms with Crippen LogP contribution in [-0.4, -0.2) is 40.9 Å². The van der Waals surface area contributed by atoms with Crippen LogP contribution in [0.5, 0.6) is 0 Å². The molecule has 0 heterocycles. The molecule has 1 rings (SSSR count). The number of carboxylic acids is 1. The van der Waals surface area contributed by atoms with Gasteiger partial charge in [-0.05, 0) is 39.3 Å². The van der Waals surface area contributed by atoms with Crippen LogP contribution in [0.3, 0.4) is 0 Å². The van der Waals surface area contributed by atoms with Gasteiger partial charge < -0.3 is 15.3 Å². The molecule has 0 radical (unpaired) electrons. The average molecular weight is 320 g/mol. The second-order valence-electron chi connectivity index (χ2n) is 5.32. The van der Waals surface area contributed by atoms with E-state index in [9.17, 15) is 14.4 Å². The molecule has 126 valence electrons. The van der Waals surface area contributed by atoms with Gasteiger partial charge in [0.25, 0.3) is 0 Å². The molecule has 0 unspecified atom stereocenters. The monoisotopic (exact) mass is 320 g/mol. The van der Waals surface area contributed by atoms with Gasteiger partial charge >= 0.3 is 5.97 Å². The SMILES string of the molecule is CCN(CC)C(=O)CCCC(=O)Nc1ccc(C)cc1C(=O)O. The number of carbonyl (C=O) groups is 3. The summed E-state index contributed by atoms with van der Waals surface area (Å²) >= 11 is 0.